The Morgan fingerprint density at radius 3 is 1.71 bits per heavy atom. The average molecular weight is 435 g/mol. The van der Waals surface area contributed by atoms with Crippen LogP contribution in [0.5, 0.6) is 0 Å². The van der Waals surface area contributed by atoms with Gasteiger partial charge in [0.1, 0.15) is 0 Å². The van der Waals surface area contributed by atoms with Crippen LogP contribution in [0.3, 0.4) is 0 Å². The number of rotatable bonds is 10. The smallest absolute Gasteiger partial charge is 0.183 e. The third-order valence-corrected chi connectivity index (χ3v) is 6.93. The molecule has 2 saturated heterocycles. The Morgan fingerprint density at radius 2 is 1.29 bits per heavy atom. The van der Waals surface area contributed by atoms with E-state index < -0.39 is 16.6 Å². The van der Waals surface area contributed by atoms with Gasteiger partial charge >= 0.3 is 0 Å². The lowest BCUT2D eigenvalue weighted by molar-refractivity contribution is -0.292. The molecular formula is C20H42O6Si2. The lowest BCUT2D eigenvalue weighted by atomic mass is 10.0. The van der Waals surface area contributed by atoms with Gasteiger partial charge in [0.2, 0.25) is 0 Å². The van der Waals surface area contributed by atoms with E-state index in [-0.39, 0.29) is 24.4 Å². The van der Waals surface area contributed by atoms with Crippen molar-refractivity contribution in [2.75, 3.05) is 39.6 Å². The molecule has 6 nitrogen and oxygen atoms in total. The third kappa shape index (κ3) is 8.91. The van der Waals surface area contributed by atoms with Gasteiger partial charge in [-0.15, -0.1) is 0 Å². The van der Waals surface area contributed by atoms with Crippen molar-refractivity contribution in [1.29, 1.82) is 0 Å². The van der Waals surface area contributed by atoms with Crippen molar-refractivity contribution in [1.82, 2.24) is 0 Å². The molecule has 2 aliphatic heterocycles. The Balaban J connectivity index is 1.82. The van der Waals surface area contributed by atoms with Gasteiger partial charge in [0.05, 0.1) is 38.3 Å². The predicted molar refractivity (Wildman–Crippen MR) is 115 cm³/mol. The minimum absolute atomic E-state index is 0.0847. The highest BCUT2D eigenvalue weighted by Crippen LogP contribution is 2.27. The number of hydrogen-bond donors (Lipinski definition) is 0. The minimum atomic E-state index is -1.61. The van der Waals surface area contributed by atoms with Crippen LogP contribution in [0.15, 0.2) is 0 Å². The average Bonchev–Trinajstić information content (AvgIpc) is 2.61. The summed E-state index contributed by atoms with van der Waals surface area (Å²) in [6.45, 7) is 19.3. The van der Waals surface area contributed by atoms with E-state index in [2.05, 4.69) is 46.2 Å². The van der Waals surface area contributed by atoms with Crippen molar-refractivity contribution in [3.8, 4) is 0 Å². The van der Waals surface area contributed by atoms with Crippen molar-refractivity contribution in [3.63, 3.8) is 0 Å². The van der Waals surface area contributed by atoms with Crippen LogP contribution in [-0.4, -0.2) is 68.9 Å². The van der Waals surface area contributed by atoms with Gasteiger partial charge in [0.25, 0.3) is 0 Å². The maximum Gasteiger partial charge on any atom is 0.183 e. The zero-order valence-corrected chi connectivity index (χ0v) is 21.0. The molecule has 2 aliphatic rings. The van der Waals surface area contributed by atoms with Crippen molar-refractivity contribution in [2.45, 2.75) is 71.6 Å². The van der Waals surface area contributed by atoms with Gasteiger partial charge in [-0.2, -0.15) is 0 Å². The standard InChI is InChI=1S/C20H42O6Si2/c1-8-9-16-10-21-19(22-11-16)17-12-23-20(24-13-17)18(14-25-27(2,3)4)15-26-28(5,6)7/h16-20H,8-15H2,1-7H3. The molecule has 0 aromatic rings. The molecule has 2 rings (SSSR count). The molecule has 28 heavy (non-hydrogen) atoms. The summed E-state index contributed by atoms with van der Waals surface area (Å²) in [5, 5.41) is 0. The van der Waals surface area contributed by atoms with Crippen LogP contribution in [0, 0.1) is 17.8 Å². The van der Waals surface area contributed by atoms with Crippen LogP contribution >= 0.6 is 0 Å². The van der Waals surface area contributed by atoms with Gasteiger partial charge in [-0.25, -0.2) is 0 Å². The minimum Gasteiger partial charge on any atom is -0.417 e. The summed E-state index contributed by atoms with van der Waals surface area (Å²) in [4.78, 5) is 0. The highest BCUT2D eigenvalue weighted by atomic mass is 28.4. The monoisotopic (exact) mass is 434 g/mol. The third-order valence-electron chi connectivity index (χ3n) is 4.87. The maximum absolute atomic E-state index is 6.15. The second-order valence-corrected chi connectivity index (χ2v) is 19.1. The van der Waals surface area contributed by atoms with Crippen molar-refractivity contribution in [2.24, 2.45) is 17.8 Å². The van der Waals surface area contributed by atoms with Crippen molar-refractivity contribution < 1.29 is 27.8 Å². The van der Waals surface area contributed by atoms with E-state index in [0.717, 1.165) is 19.6 Å². The van der Waals surface area contributed by atoms with Gasteiger partial charge in [0, 0.05) is 19.1 Å². The fraction of sp³-hybridized carbons (Fsp3) is 1.00. The number of hydrogen-bond acceptors (Lipinski definition) is 6. The highest BCUT2D eigenvalue weighted by molar-refractivity contribution is 6.70. The predicted octanol–water partition coefficient (Wildman–Crippen LogP) is 4.08. The lowest BCUT2D eigenvalue weighted by Crippen LogP contribution is -2.48. The fourth-order valence-electron chi connectivity index (χ4n) is 3.29. The van der Waals surface area contributed by atoms with Gasteiger partial charge < -0.3 is 27.8 Å². The van der Waals surface area contributed by atoms with E-state index in [1.165, 1.54) is 6.42 Å². The molecule has 0 N–H and O–H groups in total. The quantitative estimate of drug-likeness (QED) is 0.483. The number of ether oxygens (including phenoxy) is 4. The molecule has 2 fully saturated rings. The normalized spacial score (nSPS) is 30.0. The van der Waals surface area contributed by atoms with Gasteiger partial charge in [0.15, 0.2) is 29.2 Å². The summed E-state index contributed by atoms with van der Waals surface area (Å²) < 4.78 is 36.4. The largest absolute Gasteiger partial charge is 0.417 e. The van der Waals surface area contributed by atoms with E-state index in [9.17, 15) is 0 Å². The zero-order chi connectivity index (χ0) is 20.8. The molecule has 0 aliphatic carbocycles. The van der Waals surface area contributed by atoms with Crippen LogP contribution in [0.1, 0.15) is 19.8 Å². The van der Waals surface area contributed by atoms with Crippen LogP contribution in [0.25, 0.3) is 0 Å². The fourth-order valence-corrected chi connectivity index (χ4v) is 4.72. The van der Waals surface area contributed by atoms with Gasteiger partial charge in [-0.1, -0.05) is 13.3 Å². The van der Waals surface area contributed by atoms with E-state index >= 15 is 0 Å². The summed E-state index contributed by atoms with van der Waals surface area (Å²) in [5.41, 5.74) is 0. The van der Waals surface area contributed by atoms with Gasteiger partial charge in [-0.3, -0.25) is 0 Å². The SMILES string of the molecule is CCCC1COC(C2COC(C(CO[Si](C)(C)C)CO[Si](C)(C)C)OC2)OC1. The Bertz CT molecular complexity index is 417. The van der Waals surface area contributed by atoms with Crippen LogP contribution in [0.4, 0.5) is 0 Å². The topological polar surface area (TPSA) is 55.4 Å². The highest BCUT2D eigenvalue weighted by Gasteiger charge is 2.37. The molecule has 0 aromatic carbocycles. The summed E-state index contributed by atoms with van der Waals surface area (Å²) in [6, 6.07) is 0. The van der Waals surface area contributed by atoms with E-state index in [1.54, 1.807) is 0 Å². The molecule has 0 unspecified atom stereocenters. The maximum atomic E-state index is 6.15. The first kappa shape index (κ1) is 24.5. The molecule has 8 heteroatoms. The molecule has 0 amide bonds. The van der Waals surface area contributed by atoms with E-state index in [0.29, 0.717) is 32.3 Å². The second kappa shape index (κ2) is 11.0. The Morgan fingerprint density at radius 1 is 0.786 bits per heavy atom. The summed E-state index contributed by atoms with van der Waals surface area (Å²) in [6.07, 6.45) is 1.81. The Kier molecular flexibility index (Phi) is 9.61. The molecule has 0 atom stereocenters. The van der Waals surface area contributed by atoms with Crippen LogP contribution in [0.2, 0.25) is 39.3 Å². The lowest BCUT2D eigenvalue weighted by Gasteiger charge is -2.40. The van der Waals surface area contributed by atoms with Crippen LogP contribution < -0.4 is 0 Å². The zero-order valence-electron chi connectivity index (χ0n) is 19.0. The molecule has 0 radical (unpaired) electrons. The second-order valence-electron chi connectivity index (χ2n) is 10.1. The molecule has 2 heterocycles. The first-order valence-corrected chi connectivity index (χ1v) is 17.6. The first-order valence-electron chi connectivity index (χ1n) is 10.8. The van der Waals surface area contributed by atoms with E-state index in [4.69, 9.17) is 27.8 Å². The van der Waals surface area contributed by atoms with Crippen LogP contribution in [-0.2, 0) is 27.8 Å². The van der Waals surface area contributed by atoms with Gasteiger partial charge in [-0.05, 0) is 45.7 Å². The summed E-state index contributed by atoms with van der Waals surface area (Å²) in [5.74, 6) is 0.720. The van der Waals surface area contributed by atoms with Crippen molar-refractivity contribution >= 4 is 16.6 Å². The Labute approximate surface area is 173 Å². The van der Waals surface area contributed by atoms with E-state index in [1.807, 2.05) is 0 Å². The molecule has 0 saturated carbocycles. The molecule has 166 valence electrons. The summed E-state index contributed by atoms with van der Waals surface area (Å²) in [7, 11) is -3.22. The first-order chi connectivity index (χ1) is 13.1. The molecule has 0 spiro atoms. The molecule has 0 bridgehead atoms. The summed E-state index contributed by atoms with van der Waals surface area (Å²) >= 11 is 0. The molecule has 0 aromatic heterocycles. The Hall–Kier alpha value is 0.194. The van der Waals surface area contributed by atoms with Crippen molar-refractivity contribution in [3.05, 3.63) is 0 Å². The molecular weight excluding hydrogens is 392 g/mol.